The summed E-state index contributed by atoms with van der Waals surface area (Å²) in [5, 5.41) is 39.5. The number of esters is 2. The highest BCUT2D eigenvalue weighted by atomic mass is 31.2. The summed E-state index contributed by atoms with van der Waals surface area (Å²) in [4.78, 5) is 49.0. The summed E-state index contributed by atoms with van der Waals surface area (Å²) in [6.07, 6.45) is 28.8. The van der Waals surface area contributed by atoms with Crippen LogP contribution in [-0.4, -0.2) is 88.5 Å². The Morgan fingerprint density at radius 3 is 1.35 bits per heavy atom. The lowest BCUT2D eigenvalue weighted by molar-refractivity contribution is -0.232. The molecule has 0 saturated heterocycles. The molecule has 6 atom stereocenters. The van der Waals surface area contributed by atoms with Crippen molar-refractivity contribution in [2.24, 2.45) is 0 Å². The van der Waals surface area contributed by atoms with Gasteiger partial charge in [-0.25, -0.2) is 0 Å². The van der Waals surface area contributed by atoms with Gasteiger partial charge in [0.2, 0.25) is 0 Å². The maximum absolute atomic E-state index is 12.7. The smallest absolute Gasteiger partial charge is 0.306 e. The number of unbranched alkanes of at least 4 members (excludes halogenated alkanes) is 22. The molecule has 0 bridgehead atoms. The van der Waals surface area contributed by atoms with E-state index in [4.69, 9.17) is 14.0 Å². The Hall–Kier alpha value is -1.96. The van der Waals surface area contributed by atoms with Gasteiger partial charge >= 0.3 is 11.9 Å². The van der Waals surface area contributed by atoms with E-state index in [1.807, 2.05) is 0 Å². The summed E-state index contributed by atoms with van der Waals surface area (Å²) in [6, 6.07) is 0. The second kappa shape index (κ2) is 39.9. The highest BCUT2D eigenvalue weighted by Crippen LogP contribution is 2.39. The number of allylic oxidation sites excluding steroid dienone is 4. The number of phosphoric ester groups is 1. The third-order valence-electron chi connectivity index (χ3n) is 10.3. The highest BCUT2D eigenvalue weighted by molar-refractivity contribution is 7.45. The molecule has 0 saturated carbocycles. The molecule has 0 fully saturated rings. The first-order valence-corrected chi connectivity index (χ1v) is 24.8. The number of ketones is 1. The second-order valence-electron chi connectivity index (χ2n) is 16.1. The van der Waals surface area contributed by atoms with Gasteiger partial charge in [0.05, 0.1) is 13.2 Å². The van der Waals surface area contributed by atoms with Gasteiger partial charge in [0.25, 0.3) is 7.82 Å². The Bertz CT molecular complexity index is 1160. The Labute approximate surface area is 362 Å². The third-order valence-corrected chi connectivity index (χ3v) is 11.3. The number of carbonyl (C=O) groups is 3. The maximum Gasteiger partial charge on any atom is 0.306 e. The van der Waals surface area contributed by atoms with Crippen molar-refractivity contribution in [3.63, 3.8) is 0 Å². The fraction of sp³-hybridized carbons (Fsp3) is 0.848. The van der Waals surface area contributed by atoms with Gasteiger partial charge in [0.15, 0.2) is 11.9 Å². The Kier molecular flexibility index (Phi) is 38.6. The summed E-state index contributed by atoms with van der Waals surface area (Å²) >= 11 is 0. The molecule has 6 unspecified atom stereocenters. The van der Waals surface area contributed by atoms with Crippen molar-refractivity contribution in [2.45, 2.75) is 231 Å². The van der Waals surface area contributed by atoms with Crippen LogP contribution in [0.15, 0.2) is 24.3 Å². The standard InChI is InChI=1S/C46H85O13P/c1-4-6-8-10-12-14-16-18-20-22-24-26-28-30-32-34-42(49)56-36-40(37-57-60(54,55)58-38-41(48)45(52)46(53)44(51)39(3)47)59-43(50)35-33-31-29-27-25-23-21-19-17-15-13-11-9-7-5-2/h18-21,40-41,44-46,48,51-53H,4-17,22-38H2,1-3H3,(H,54,55)/p-1/b20-18-,21-19-. The van der Waals surface area contributed by atoms with Gasteiger partial charge in [0.1, 0.15) is 31.0 Å². The average molecular weight is 876 g/mol. The molecule has 0 aromatic heterocycles. The minimum atomic E-state index is -5.18. The molecule has 0 aliphatic heterocycles. The van der Waals surface area contributed by atoms with E-state index in [9.17, 15) is 44.3 Å². The van der Waals surface area contributed by atoms with E-state index in [2.05, 4.69) is 42.7 Å². The topological polar surface area (TPSA) is 209 Å². The molecule has 352 valence electrons. The van der Waals surface area contributed by atoms with Crippen LogP contribution in [-0.2, 0) is 37.5 Å². The van der Waals surface area contributed by atoms with E-state index in [1.165, 1.54) is 77.0 Å². The van der Waals surface area contributed by atoms with Crippen molar-refractivity contribution in [3.05, 3.63) is 24.3 Å². The summed E-state index contributed by atoms with van der Waals surface area (Å²) < 4.78 is 32.7. The molecule has 0 aromatic carbocycles. The molecule has 13 nitrogen and oxygen atoms in total. The summed E-state index contributed by atoms with van der Waals surface area (Å²) in [5.74, 6) is -2.00. The van der Waals surface area contributed by atoms with Crippen molar-refractivity contribution in [3.8, 4) is 0 Å². The highest BCUT2D eigenvalue weighted by Gasteiger charge is 2.33. The molecular weight excluding hydrogens is 791 g/mol. The Morgan fingerprint density at radius 1 is 0.533 bits per heavy atom. The van der Waals surface area contributed by atoms with Crippen LogP contribution in [0.2, 0.25) is 0 Å². The lowest BCUT2D eigenvalue weighted by Gasteiger charge is -2.29. The fourth-order valence-corrected chi connectivity index (χ4v) is 7.19. The van der Waals surface area contributed by atoms with Gasteiger partial charge in [-0.3, -0.25) is 18.9 Å². The zero-order valence-electron chi connectivity index (χ0n) is 37.5. The number of hydrogen-bond donors (Lipinski definition) is 4. The number of Topliss-reactive ketones (excluding diaryl/α,β-unsaturated/α-hetero) is 1. The van der Waals surface area contributed by atoms with Gasteiger partial charge in [-0.1, -0.05) is 141 Å². The van der Waals surface area contributed by atoms with Crippen molar-refractivity contribution < 1.29 is 62.8 Å². The quantitative estimate of drug-likeness (QED) is 0.0195. The van der Waals surface area contributed by atoms with Gasteiger partial charge in [-0.15, -0.1) is 0 Å². The van der Waals surface area contributed by atoms with Gasteiger partial charge in [0, 0.05) is 12.8 Å². The number of hydrogen-bond acceptors (Lipinski definition) is 13. The number of rotatable bonds is 43. The Morgan fingerprint density at radius 2 is 0.917 bits per heavy atom. The van der Waals surface area contributed by atoms with Crippen LogP contribution in [0.3, 0.4) is 0 Å². The Balaban J connectivity index is 4.71. The van der Waals surface area contributed by atoms with Gasteiger partial charge in [-0.2, -0.15) is 0 Å². The molecule has 0 heterocycles. The van der Waals surface area contributed by atoms with Crippen molar-refractivity contribution in [1.29, 1.82) is 0 Å². The number of aliphatic hydroxyl groups excluding tert-OH is 4. The number of carbonyl (C=O) groups excluding carboxylic acids is 3. The van der Waals surface area contributed by atoms with Crippen molar-refractivity contribution >= 4 is 25.5 Å². The van der Waals surface area contributed by atoms with Crippen LogP contribution in [0, 0.1) is 0 Å². The zero-order chi connectivity index (χ0) is 44.7. The van der Waals surface area contributed by atoms with Crippen LogP contribution in [0.5, 0.6) is 0 Å². The first-order valence-electron chi connectivity index (χ1n) is 23.3. The van der Waals surface area contributed by atoms with Crippen LogP contribution in [0.1, 0.15) is 201 Å². The predicted octanol–water partition coefficient (Wildman–Crippen LogP) is 9.05. The van der Waals surface area contributed by atoms with E-state index in [0.29, 0.717) is 12.8 Å². The lowest BCUT2D eigenvalue weighted by Crippen LogP contribution is -2.48. The number of phosphoric acid groups is 1. The van der Waals surface area contributed by atoms with Crippen molar-refractivity contribution in [2.75, 3.05) is 19.8 Å². The van der Waals surface area contributed by atoms with Crippen LogP contribution >= 0.6 is 7.82 Å². The molecule has 0 radical (unpaired) electrons. The fourth-order valence-electron chi connectivity index (χ4n) is 6.43. The van der Waals surface area contributed by atoms with Gasteiger partial charge < -0.3 is 43.8 Å². The third kappa shape index (κ3) is 35.6. The minimum Gasteiger partial charge on any atom is -0.756 e. The molecule has 60 heavy (non-hydrogen) atoms. The molecule has 14 heteroatoms. The molecule has 0 rings (SSSR count). The lowest BCUT2D eigenvalue weighted by atomic mass is 10.0. The van der Waals surface area contributed by atoms with E-state index >= 15 is 0 Å². The van der Waals surface area contributed by atoms with E-state index in [-0.39, 0.29) is 12.8 Å². The van der Waals surface area contributed by atoms with E-state index in [0.717, 1.165) is 84.0 Å². The first-order chi connectivity index (χ1) is 28.8. The molecule has 4 N–H and O–H groups in total. The molecule has 0 aromatic rings. The maximum atomic E-state index is 12.7. The predicted molar refractivity (Wildman–Crippen MR) is 234 cm³/mol. The largest absolute Gasteiger partial charge is 0.756 e. The summed E-state index contributed by atoms with van der Waals surface area (Å²) in [6.45, 7) is 3.15. The monoisotopic (exact) mass is 876 g/mol. The molecule has 0 aliphatic rings. The van der Waals surface area contributed by atoms with E-state index in [1.54, 1.807) is 0 Å². The first kappa shape index (κ1) is 58.0. The SMILES string of the molecule is CCCCCCCC/C=C\CCCCCCCC(=O)OCC(COP(=O)([O-])OCC(O)C(O)C(O)C(O)C(C)=O)OC(=O)CCCCCCC/C=C\CCCCCCCC. The van der Waals surface area contributed by atoms with Crippen LogP contribution < -0.4 is 4.89 Å². The average Bonchev–Trinajstić information content (AvgIpc) is 3.22. The molecule has 0 spiro atoms. The van der Waals surface area contributed by atoms with E-state index < -0.39 is 75.9 Å². The summed E-state index contributed by atoms with van der Waals surface area (Å²) in [7, 11) is -5.18. The normalized spacial score (nSPS) is 15.5. The van der Waals surface area contributed by atoms with Gasteiger partial charge in [-0.05, 0) is 71.1 Å². The summed E-state index contributed by atoms with van der Waals surface area (Å²) in [5.41, 5.74) is 0. The van der Waals surface area contributed by atoms with Crippen LogP contribution in [0.25, 0.3) is 0 Å². The molecule has 0 amide bonds. The van der Waals surface area contributed by atoms with Crippen molar-refractivity contribution in [1.82, 2.24) is 0 Å². The second-order valence-corrected chi connectivity index (χ2v) is 17.5. The zero-order valence-corrected chi connectivity index (χ0v) is 38.4. The number of ether oxygens (including phenoxy) is 2. The molecule has 0 aliphatic carbocycles. The molecular formula is C46H84O13P-. The number of aliphatic hydroxyl groups is 4. The van der Waals surface area contributed by atoms with Crippen LogP contribution in [0.4, 0.5) is 0 Å². The minimum absolute atomic E-state index is 0.0849.